The molecular formula is C57H88O23. The standard InChI is InChI=1S/C57H88O23/c1-12-24(3)47(71)79-44-45(80-48(72)25(4)13-2)57(23-60)27(20-52(44,5)6)26-14-15-31-54(9)18-17-32(53(7,8)30(54)16-19-55(31,10)56(26,11)42(67)43(57)68)75-51-41(78-50-37(65)35(63)33(61)28(21-58)73-50)39(38(66)40(77-51)46(69)70)76-49-36(64)34(62)29(22-59)74-49/h12-14,27-45,49-51,58-68H,15-23H2,1-11H3,(H,69,70)/b24-12+,25-13+/t27?,28-,29+,30?,31?,32+,33+,34+,35+,36-,37-,38+,39+,40+,41-,42+,43-,44+,45+,49+,50+,51-,54+,55-,56+,57?/m1/s1. The van der Waals surface area contributed by atoms with E-state index in [1.807, 2.05) is 34.6 Å². The first kappa shape index (κ1) is 63.0. The van der Waals surface area contributed by atoms with Crippen LogP contribution in [-0.4, -0.2) is 216 Å². The molecule has 3 aliphatic heterocycles. The Hall–Kier alpha value is -3.05. The van der Waals surface area contributed by atoms with E-state index < -0.39 is 193 Å². The zero-order valence-electron chi connectivity index (χ0n) is 47.7. The minimum Gasteiger partial charge on any atom is -0.479 e. The second-order valence-electron chi connectivity index (χ2n) is 26.0. The minimum absolute atomic E-state index is 0.153. The first-order chi connectivity index (χ1) is 37.3. The van der Waals surface area contributed by atoms with Crippen LogP contribution < -0.4 is 0 Å². The van der Waals surface area contributed by atoms with Gasteiger partial charge in [0.1, 0.15) is 67.1 Å². The lowest BCUT2D eigenvalue weighted by atomic mass is 9.32. The van der Waals surface area contributed by atoms with Gasteiger partial charge in [-0.05, 0) is 100 Å². The molecule has 7 fully saturated rings. The Morgan fingerprint density at radius 2 is 1.18 bits per heavy atom. The van der Waals surface area contributed by atoms with E-state index in [9.17, 15) is 75.7 Å². The van der Waals surface area contributed by atoms with Gasteiger partial charge in [0.2, 0.25) is 0 Å². The van der Waals surface area contributed by atoms with Crippen molar-refractivity contribution in [1.82, 2.24) is 0 Å². The average molecular weight is 1140 g/mol. The Kier molecular flexibility index (Phi) is 17.9. The Balaban J connectivity index is 1.14. The number of rotatable bonds is 14. The normalized spacial score (nSPS) is 49.0. The maximum Gasteiger partial charge on any atom is 0.335 e. The van der Waals surface area contributed by atoms with Crippen LogP contribution in [0.15, 0.2) is 34.9 Å². The van der Waals surface area contributed by atoms with E-state index in [2.05, 4.69) is 19.9 Å². The predicted molar refractivity (Wildman–Crippen MR) is 277 cm³/mol. The van der Waals surface area contributed by atoms with Crippen molar-refractivity contribution >= 4 is 17.9 Å². The van der Waals surface area contributed by atoms with Crippen molar-refractivity contribution < 1.29 is 114 Å². The molecule has 23 nitrogen and oxygen atoms in total. The number of carbonyl (C=O) groups is 3. The Morgan fingerprint density at radius 1 is 0.637 bits per heavy atom. The smallest absolute Gasteiger partial charge is 0.335 e. The number of hydrogen-bond donors (Lipinski definition) is 12. The molecule has 0 aromatic heterocycles. The van der Waals surface area contributed by atoms with Gasteiger partial charge in [0.05, 0.1) is 43.5 Å². The van der Waals surface area contributed by atoms with Crippen molar-refractivity contribution in [1.29, 1.82) is 0 Å². The van der Waals surface area contributed by atoms with Crippen LogP contribution in [0, 0.1) is 50.2 Å². The third-order valence-electron chi connectivity index (χ3n) is 21.4. The highest BCUT2D eigenvalue weighted by molar-refractivity contribution is 5.89. The van der Waals surface area contributed by atoms with Crippen molar-refractivity contribution in [2.24, 2.45) is 50.2 Å². The van der Waals surface area contributed by atoms with Crippen LogP contribution in [-0.2, 0) is 52.3 Å². The molecule has 3 heterocycles. The summed E-state index contributed by atoms with van der Waals surface area (Å²) in [5.74, 6) is -4.01. The number of aliphatic hydroxyl groups is 11. The molecule has 8 rings (SSSR count). The number of fused-ring (bicyclic) bond motifs is 7. The highest BCUT2D eigenvalue weighted by Crippen LogP contribution is 2.76. The number of aliphatic carboxylic acids is 1. The number of carboxylic acid groups (broad SMARTS) is 1. The highest BCUT2D eigenvalue weighted by atomic mass is 16.8. The van der Waals surface area contributed by atoms with E-state index in [0.717, 1.165) is 5.57 Å². The van der Waals surface area contributed by atoms with Crippen LogP contribution in [0.3, 0.4) is 0 Å². The molecule has 3 saturated heterocycles. The molecule has 5 aliphatic carbocycles. The summed E-state index contributed by atoms with van der Waals surface area (Å²) in [5, 5.41) is 134. The van der Waals surface area contributed by atoms with E-state index >= 15 is 0 Å². The first-order valence-corrected chi connectivity index (χ1v) is 28.1. The van der Waals surface area contributed by atoms with Crippen molar-refractivity contribution in [3.05, 3.63) is 34.9 Å². The largest absolute Gasteiger partial charge is 0.479 e. The van der Waals surface area contributed by atoms with Gasteiger partial charge in [0.15, 0.2) is 31.1 Å². The molecule has 0 bridgehead atoms. The third-order valence-corrected chi connectivity index (χ3v) is 21.4. The first-order valence-electron chi connectivity index (χ1n) is 28.1. The number of hydrogen-bond acceptors (Lipinski definition) is 22. The minimum atomic E-state index is -2.13. The zero-order chi connectivity index (χ0) is 59.3. The number of aliphatic hydroxyl groups excluding tert-OH is 11. The van der Waals surface area contributed by atoms with Gasteiger partial charge < -0.3 is 99.2 Å². The summed E-state index contributed by atoms with van der Waals surface area (Å²) in [5.41, 5.74) is -4.40. The maximum atomic E-state index is 13.9. The van der Waals surface area contributed by atoms with Crippen molar-refractivity contribution in [2.45, 2.75) is 231 Å². The van der Waals surface area contributed by atoms with Crippen LogP contribution in [0.2, 0.25) is 0 Å². The fourth-order valence-corrected chi connectivity index (χ4v) is 16.2. The Morgan fingerprint density at radius 3 is 1.71 bits per heavy atom. The Bertz CT molecular complexity index is 2390. The van der Waals surface area contributed by atoms with Gasteiger partial charge in [0, 0.05) is 22.0 Å². The number of carboxylic acids is 1. The average Bonchev–Trinajstić information content (AvgIpc) is 3.72. The number of carbonyl (C=O) groups excluding carboxylic acids is 2. The van der Waals surface area contributed by atoms with Crippen LogP contribution in [0.4, 0.5) is 0 Å². The second kappa shape index (κ2) is 22.7. The maximum absolute atomic E-state index is 13.9. The van der Waals surface area contributed by atoms with E-state index in [-0.39, 0.29) is 23.8 Å². The van der Waals surface area contributed by atoms with Gasteiger partial charge in [-0.25, -0.2) is 14.4 Å². The monoisotopic (exact) mass is 1140 g/mol. The van der Waals surface area contributed by atoms with Gasteiger partial charge in [-0.15, -0.1) is 0 Å². The predicted octanol–water partition coefficient (Wildman–Crippen LogP) is 0.263. The molecule has 12 N–H and O–H groups in total. The molecule has 0 radical (unpaired) electrons. The quantitative estimate of drug-likeness (QED) is 0.0480. The molecule has 26 atom stereocenters. The SMILES string of the molecule is C/C=C(\C)C(=O)O[C@H]1[C@H](OC(=O)/C(C)=C/C)C2(CO)C(CC1(C)C)C1=CCC3[C@@]4(C)CC[C@H](O[C@@H]5O[C@H](C(=O)O)[C@@H](O)[C@H](O[C@@H]6O[C@@H](CO)[C@H](O)[C@H]6O)[C@H]5O[C@@H]5O[C@H](CO)[C@H](O)[C@H](O)[C@H]5O)C(C)(C)C4CC[C@@]3(C)[C@]1(C)[C@@H](O)[C@H]2O. The lowest BCUT2D eigenvalue weighted by Gasteiger charge is -2.73. The summed E-state index contributed by atoms with van der Waals surface area (Å²) >= 11 is 0. The fraction of sp³-hybridized carbons (Fsp3) is 0.842. The summed E-state index contributed by atoms with van der Waals surface area (Å²) in [6, 6.07) is 0. The summed E-state index contributed by atoms with van der Waals surface area (Å²) < 4.78 is 49.0. The topological polar surface area (TPSA) is 368 Å². The molecule has 454 valence electrons. The molecule has 4 unspecified atom stereocenters. The van der Waals surface area contributed by atoms with Crippen molar-refractivity contribution in [2.75, 3.05) is 19.8 Å². The summed E-state index contributed by atoms with van der Waals surface area (Å²) in [4.78, 5) is 40.3. The fourth-order valence-electron chi connectivity index (χ4n) is 16.2. The van der Waals surface area contributed by atoms with Crippen molar-refractivity contribution in [3.8, 4) is 0 Å². The number of ether oxygens (including phenoxy) is 8. The van der Waals surface area contributed by atoms with E-state index in [1.165, 1.54) is 0 Å². The van der Waals surface area contributed by atoms with Crippen LogP contribution >= 0.6 is 0 Å². The Labute approximate surface area is 466 Å². The van der Waals surface area contributed by atoms with Gasteiger partial charge in [-0.3, -0.25) is 0 Å². The van der Waals surface area contributed by atoms with Gasteiger partial charge in [-0.2, -0.15) is 0 Å². The van der Waals surface area contributed by atoms with Crippen molar-refractivity contribution in [3.63, 3.8) is 0 Å². The zero-order valence-corrected chi connectivity index (χ0v) is 47.7. The number of allylic oxidation sites excluding steroid dienone is 3. The van der Waals surface area contributed by atoms with Gasteiger partial charge >= 0.3 is 17.9 Å². The second-order valence-corrected chi connectivity index (χ2v) is 26.0. The summed E-state index contributed by atoms with van der Waals surface area (Å²) in [6.07, 6.45) is -24.0. The third kappa shape index (κ3) is 9.76. The molecule has 4 saturated carbocycles. The van der Waals surface area contributed by atoms with Crippen LogP contribution in [0.1, 0.15) is 115 Å². The lowest BCUT2D eigenvalue weighted by Crippen LogP contribution is -2.76. The molecule has 0 aromatic carbocycles. The number of esters is 2. The molecule has 23 heteroatoms. The highest BCUT2D eigenvalue weighted by Gasteiger charge is 2.76. The van der Waals surface area contributed by atoms with E-state index in [4.69, 9.17) is 37.9 Å². The molecule has 80 heavy (non-hydrogen) atoms. The molecule has 0 spiro atoms. The summed E-state index contributed by atoms with van der Waals surface area (Å²) in [7, 11) is 0. The van der Waals surface area contributed by atoms with E-state index in [1.54, 1.807) is 39.8 Å². The van der Waals surface area contributed by atoms with Crippen LogP contribution in [0.5, 0.6) is 0 Å². The molecule has 8 aliphatic rings. The van der Waals surface area contributed by atoms with Crippen LogP contribution in [0.25, 0.3) is 0 Å². The van der Waals surface area contributed by atoms with Gasteiger partial charge in [0.25, 0.3) is 0 Å². The molecule has 0 amide bonds. The van der Waals surface area contributed by atoms with Gasteiger partial charge in [-0.1, -0.05) is 72.3 Å². The summed E-state index contributed by atoms with van der Waals surface area (Å²) in [6.45, 7) is 18.4. The molecular weight excluding hydrogens is 1050 g/mol. The molecule has 0 aromatic rings. The van der Waals surface area contributed by atoms with E-state index in [0.29, 0.717) is 37.7 Å². The lowest BCUT2D eigenvalue weighted by molar-refractivity contribution is -0.386.